The number of ether oxygens (including phenoxy) is 1. The summed E-state index contributed by atoms with van der Waals surface area (Å²) in [6.07, 6.45) is 3.37. The van der Waals surface area contributed by atoms with E-state index in [9.17, 15) is 4.79 Å². The average Bonchev–Trinajstić information content (AvgIpc) is 2.46. The molecular weight excluding hydrogens is 264 g/mol. The Hall–Kier alpha value is -1.26. The molecule has 1 aliphatic heterocycles. The van der Waals surface area contributed by atoms with Gasteiger partial charge in [-0.2, -0.15) is 0 Å². The Morgan fingerprint density at radius 1 is 1.32 bits per heavy atom. The van der Waals surface area contributed by atoms with E-state index in [1.165, 1.54) is 6.42 Å². The van der Waals surface area contributed by atoms with Gasteiger partial charge in [0.2, 0.25) is 0 Å². The van der Waals surface area contributed by atoms with Gasteiger partial charge in [0.1, 0.15) is 5.75 Å². The number of benzene rings is 1. The van der Waals surface area contributed by atoms with Crippen LogP contribution < -0.4 is 10.5 Å². The first kappa shape index (κ1) is 14.2. The number of piperidine rings is 1. The van der Waals surface area contributed by atoms with Crippen molar-refractivity contribution >= 4 is 17.5 Å². The number of nitrogens with zero attached hydrogens (tertiary/aromatic N) is 1. The van der Waals surface area contributed by atoms with E-state index >= 15 is 0 Å². The molecule has 5 heteroatoms. The lowest BCUT2D eigenvalue weighted by Crippen LogP contribution is -2.38. The highest BCUT2D eigenvalue weighted by Gasteiger charge is 2.17. The molecule has 104 valence electrons. The van der Waals surface area contributed by atoms with E-state index in [1.807, 2.05) is 11.0 Å². The van der Waals surface area contributed by atoms with Crippen LogP contribution in [0.3, 0.4) is 0 Å². The summed E-state index contributed by atoms with van der Waals surface area (Å²) in [5, 5.41) is 0.581. The van der Waals surface area contributed by atoms with Crippen molar-refractivity contribution < 1.29 is 9.53 Å². The van der Waals surface area contributed by atoms with Gasteiger partial charge in [0.05, 0.1) is 0 Å². The minimum absolute atomic E-state index is 0.0302. The van der Waals surface area contributed by atoms with E-state index in [0.717, 1.165) is 31.5 Å². The lowest BCUT2D eigenvalue weighted by Gasteiger charge is -2.26. The molecule has 0 saturated carbocycles. The summed E-state index contributed by atoms with van der Waals surface area (Å²) in [6, 6.07) is 5.29. The Morgan fingerprint density at radius 2 is 2.05 bits per heavy atom. The highest BCUT2D eigenvalue weighted by molar-refractivity contribution is 6.30. The number of hydrogen-bond donors (Lipinski definition) is 1. The Balaban J connectivity index is 1.94. The van der Waals surface area contributed by atoms with E-state index in [0.29, 0.717) is 17.3 Å². The second-order valence-electron chi connectivity index (χ2n) is 4.69. The highest BCUT2D eigenvalue weighted by Crippen LogP contribution is 2.23. The molecule has 0 unspecified atom stereocenters. The molecule has 0 aliphatic carbocycles. The van der Waals surface area contributed by atoms with Gasteiger partial charge in [0, 0.05) is 30.2 Å². The summed E-state index contributed by atoms with van der Waals surface area (Å²) in [6.45, 7) is 2.08. The quantitative estimate of drug-likeness (QED) is 0.921. The molecule has 1 amide bonds. The van der Waals surface area contributed by atoms with Gasteiger partial charge >= 0.3 is 0 Å². The third-order valence-electron chi connectivity index (χ3n) is 3.31. The average molecular weight is 283 g/mol. The van der Waals surface area contributed by atoms with Crippen LogP contribution in [0.25, 0.3) is 0 Å². The minimum atomic E-state index is 0.0302. The van der Waals surface area contributed by atoms with Gasteiger partial charge in [-0.25, -0.2) is 0 Å². The minimum Gasteiger partial charge on any atom is -0.483 e. The molecule has 1 aromatic rings. The molecule has 4 nitrogen and oxygen atoms in total. The predicted octanol–water partition coefficient (Wildman–Crippen LogP) is 2.19. The second-order valence-corrected chi connectivity index (χ2v) is 5.12. The molecule has 1 fully saturated rings. The summed E-state index contributed by atoms with van der Waals surface area (Å²) in [7, 11) is 0. The van der Waals surface area contributed by atoms with Crippen molar-refractivity contribution in [1.82, 2.24) is 4.90 Å². The van der Waals surface area contributed by atoms with Crippen LogP contribution in [0.15, 0.2) is 18.2 Å². The Labute approximate surface area is 118 Å². The van der Waals surface area contributed by atoms with Gasteiger partial charge in [0.15, 0.2) is 6.61 Å². The van der Waals surface area contributed by atoms with Crippen molar-refractivity contribution in [2.75, 3.05) is 19.7 Å². The Bertz CT molecular complexity index is 445. The topological polar surface area (TPSA) is 55.6 Å². The van der Waals surface area contributed by atoms with Crippen molar-refractivity contribution in [2.24, 2.45) is 5.73 Å². The molecule has 0 atom stereocenters. The van der Waals surface area contributed by atoms with Crippen molar-refractivity contribution in [3.05, 3.63) is 28.8 Å². The van der Waals surface area contributed by atoms with Crippen LogP contribution in [0.1, 0.15) is 24.8 Å². The summed E-state index contributed by atoms with van der Waals surface area (Å²) in [4.78, 5) is 13.8. The van der Waals surface area contributed by atoms with Crippen LogP contribution in [0.4, 0.5) is 0 Å². The third kappa shape index (κ3) is 3.85. The Kier molecular flexibility index (Phi) is 5.05. The van der Waals surface area contributed by atoms with E-state index < -0.39 is 0 Å². The number of amides is 1. The molecule has 0 bridgehead atoms. The number of carbonyl (C=O) groups excluding carboxylic acids is 1. The van der Waals surface area contributed by atoms with Gasteiger partial charge in [-0.15, -0.1) is 0 Å². The normalized spacial score (nSPS) is 15.4. The molecule has 19 heavy (non-hydrogen) atoms. The van der Waals surface area contributed by atoms with Crippen LogP contribution in [0.5, 0.6) is 5.75 Å². The number of halogens is 1. The zero-order valence-corrected chi connectivity index (χ0v) is 11.7. The fourth-order valence-electron chi connectivity index (χ4n) is 2.21. The molecule has 1 aliphatic rings. The van der Waals surface area contributed by atoms with Crippen molar-refractivity contribution in [1.29, 1.82) is 0 Å². The molecule has 1 saturated heterocycles. The van der Waals surface area contributed by atoms with Gasteiger partial charge in [0.25, 0.3) is 5.91 Å². The predicted molar refractivity (Wildman–Crippen MR) is 75.3 cm³/mol. The lowest BCUT2D eigenvalue weighted by molar-refractivity contribution is -0.134. The summed E-state index contributed by atoms with van der Waals surface area (Å²) in [5.74, 6) is 0.628. The van der Waals surface area contributed by atoms with Crippen molar-refractivity contribution in [2.45, 2.75) is 25.8 Å². The summed E-state index contributed by atoms with van der Waals surface area (Å²) in [5.41, 5.74) is 6.49. The Morgan fingerprint density at radius 3 is 2.74 bits per heavy atom. The summed E-state index contributed by atoms with van der Waals surface area (Å²) >= 11 is 5.92. The zero-order chi connectivity index (χ0) is 13.7. The van der Waals surface area contributed by atoms with Crippen molar-refractivity contribution in [3.63, 3.8) is 0 Å². The molecule has 2 rings (SSSR count). The van der Waals surface area contributed by atoms with Gasteiger partial charge in [-0.1, -0.05) is 17.7 Å². The van der Waals surface area contributed by atoms with Gasteiger partial charge < -0.3 is 15.4 Å². The number of hydrogen-bond acceptors (Lipinski definition) is 3. The number of carbonyl (C=O) groups is 1. The number of rotatable bonds is 4. The fraction of sp³-hybridized carbons (Fsp3) is 0.500. The second kappa shape index (κ2) is 6.78. The third-order valence-corrected chi connectivity index (χ3v) is 3.54. The largest absolute Gasteiger partial charge is 0.483 e. The summed E-state index contributed by atoms with van der Waals surface area (Å²) < 4.78 is 5.57. The van der Waals surface area contributed by atoms with Crippen LogP contribution >= 0.6 is 11.6 Å². The van der Waals surface area contributed by atoms with Gasteiger partial charge in [-0.3, -0.25) is 4.79 Å². The first-order chi connectivity index (χ1) is 9.20. The molecule has 0 spiro atoms. The fourth-order valence-corrected chi connectivity index (χ4v) is 2.37. The van der Waals surface area contributed by atoms with Gasteiger partial charge in [-0.05, 0) is 31.4 Å². The van der Waals surface area contributed by atoms with E-state index in [-0.39, 0.29) is 12.5 Å². The van der Waals surface area contributed by atoms with Crippen LogP contribution in [-0.2, 0) is 11.3 Å². The molecule has 0 aromatic heterocycles. The molecule has 2 N–H and O–H groups in total. The van der Waals surface area contributed by atoms with E-state index in [2.05, 4.69) is 0 Å². The van der Waals surface area contributed by atoms with Crippen LogP contribution in [0, 0.1) is 0 Å². The smallest absolute Gasteiger partial charge is 0.260 e. The van der Waals surface area contributed by atoms with E-state index in [1.54, 1.807) is 12.1 Å². The SMILES string of the molecule is NCc1ccc(Cl)cc1OCC(=O)N1CCCCC1. The maximum absolute atomic E-state index is 12.0. The molecule has 0 radical (unpaired) electrons. The van der Waals surface area contributed by atoms with Crippen LogP contribution in [-0.4, -0.2) is 30.5 Å². The lowest BCUT2D eigenvalue weighted by atomic mass is 10.1. The first-order valence-electron chi connectivity index (χ1n) is 6.60. The molecule has 1 aromatic carbocycles. The number of likely N-dealkylation sites (tertiary alicyclic amines) is 1. The molecule has 1 heterocycles. The maximum atomic E-state index is 12.0. The maximum Gasteiger partial charge on any atom is 0.260 e. The van der Waals surface area contributed by atoms with Crippen molar-refractivity contribution in [3.8, 4) is 5.75 Å². The molecular formula is C14H19ClN2O2. The van der Waals surface area contributed by atoms with Crippen LogP contribution in [0.2, 0.25) is 5.02 Å². The van der Waals surface area contributed by atoms with E-state index in [4.69, 9.17) is 22.1 Å². The zero-order valence-electron chi connectivity index (χ0n) is 10.9. The monoisotopic (exact) mass is 282 g/mol. The number of nitrogens with two attached hydrogens (primary N) is 1. The highest BCUT2D eigenvalue weighted by atomic mass is 35.5. The standard InChI is InChI=1S/C14H19ClN2O2/c15-12-5-4-11(9-16)13(8-12)19-10-14(18)17-6-2-1-3-7-17/h4-5,8H,1-3,6-7,9-10,16H2. The first-order valence-corrected chi connectivity index (χ1v) is 6.97.